The highest BCUT2D eigenvalue weighted by Gasteiger charge is 2.21. The van der Waals surface area contributed by atoms with E-state index < -0.39 is 0 Å². The summed E-state index contributed by atoms with van der Waals surface area (Å²) in [6.45, 7) is 2.23. The second kappa shape index (κ2) is 7.36. The smallest absolute Gasteiger partial charge is 0.0595 e. The van der Waals surface area contributed by atoms with Crippen molar-refractivity contribution in [3.8, 4) is 0 Å². The summed E-state index contributed by atoms with van der Waals surface area (Å²) < 4.78 is 0. The number of benzene rings is 1. The number of unbranched alkanes of at least 4 members (excludes halogenated alkanes) is 1. The molecule has 2 rings (SSSR count). The van der Waals surface area contributed by atoms with Gasteiger partial charge in [0.1, 0.15) is 0 Å². The van der Waals surface area contributed by atoms with Crippen molar-refractivity contribution in [2.24, 2.45) is 5.92 Å². The maximum Gasteiger partial charge on any atom is 0.0595 e. The molecule has 0 aromatic heterocycles. The third-order valence-corrected chi connectivity index (χ3v) is 4.73. The number of rotatable bonds is 4. The average Bonchev–Trinajstić information content (AvgIpc) is 2.43. The molecule has 0 nitrogen and oxygen atoms in total. The fourth-order valence-electron chi connectivity index (χ4n) is 2.93. The lowest BCUT2D eigenvalue weighted by Crippen LogP contribution is -2.12. The Bertz CT molecular complexity index is 437. The molecular formula is C17H22Cl2. The third kappa shape index (κ3) is 4.26. The Morgan fingerprint density at radius 1 is 1.21 bits per heavy atom. The molecule has 0 aliphatic heterocycles. The first-order valence-electron chi connectivity index (χ1n) is 7.32. The first kappa shape index (κ1) is 14.9. The SMILES string of the molecule is CCCC=CC1CCCC(c2ccc(Cl)c(Cl)c2)C1. The van der Waals surface area contributed by atoms with Crippen molar-refractivity contribution in [3.05, 3.63) is 46.0 Å². The second-order valence-corrected chi connectivity index (χ2v) is 6.33. The van der Waals surface area contributed by atoms with Crippen LogP contribution < -0.4 is 0 Å². The molecule has 0 radical (unpaired) electrons. The molecule has 1 aromatic rings. The van der Waals surface area contributed by atoms with Crippen molar-refractivity contribution in [2.75, 3.05) is 0 Å². The van der Waals surface area contributed by atoms with Crippen molar-refractivity contribution in [2.45, 2.75) is 51.4 Å². The van der Waals surface area contributed by atoms with Gasteiger partial charge in [-0.05, 0) is 55.2 Å². The van der Waals surface area contributed by atoms with Crippen LogP contribution in [0.3, 0.4) is 0 Å². The van der Waals surface area contributed by atoms with E-state index in [4.69, 9.17) is 23.2 Å². The molecule has 0 N–H and O–H groups in total. The summed E-state index contributed by atoms with van der Waals surface area (Å²) in [5.41, 5.74) is 1.35. The highest BCUT2D eigenvalue weighted by molar-refractivity contribution is 6.42. The minimum atomic E-state index is 0.639. The van der Waals surface area contributed by atoms with Gasteiger partial charge in [-0.3, -0.25) is 0 Å². The Balaban J connectivity index is 2.02. The molecule has 1 aliphatic carbocycles. The Labute approximate surface area is 126 Å². The molecule has 2 atom stereocenters. The van der Waals surface area contributed by atoms with Gasteiger partial charge in [-0.2, -0.15) is 0 Å². The quantitative estimate of drug-likeness (QED) is 0.547. The van der Waals surface area contributed by atoms with Gasteiger partial charge in [-0.1, -0.05) is 61.2 Å². The van der Waals surface area contributed by atoms with Gasteiger partial charge in [0, 0.05) is 0 Å². The highest BCUT2D eigenvalue weighted by Crippen LogP contribution is 2.38. The normalized spacial score (nSPS) is 23.9. The number of allylic oxidation sites excluding steroid dienone is 2. The molecule has 1 aliphatic rings. The average molecular weight is 297 g/mol. The van der Waals surface area contributed by atoms with Gasteiger partial charge in [-0.25, -0.2) is 0 Å². The monoisotopic (exact) mass is 296 g/mol. The van der Waals surface area contributed by atoms with Crippen molar-refractivity contribution in [1.29, 1.82) is 0 Å². The largest absolute Gasteiger partial charge is 0.0883 e. The lowest BCUT2D eigenvalue weighted by molar-refractivity contribution is 0.372. The maximum atomic E-state index is 6.13. The van der Waals surface area contributed by atoms with E-state index in [-0.39, 0.29) is 0 Å². The maximum absolute atomic E-state index is 6.13. The van der Waals surface area contributed by atoms with Crippen LogP contribution in [0, 0.1) is 5.92 Å². The topological polar surface area (TPSA) is 0 Å². The van der Waals surface area contributed by atoms with Crippen LogP contribution in [0.25, 0.3) is 0 Å². The first-order chi connectivity index (χ1) is 9.20. The zero-order valence-corrected chi connectivity index (χ0v) is 13.1. The minimum Gasteiger partial charge on any atom is -0.0883 e. The van der Waals surface area contributed by atoms with Gasteiger partial charge in [0.05, 0.1) is 10.0 Å². The van der Waals surface area contributed by atoms with E-state index in [1.807, 2.05) is 12.1 Å². The van der Waals surface area contributed by atoms with Gasteiger partial charge >= 0.3 is 0 Å². The van der Waals surface area contributed by atoms with E-state index in [0.29, 0.717) is 16.0 Å². The molecule has 0 amide bonds. The number of hydrogen-bond acceptors (Lipinski definition) is 0. The van der Waals surface area contributed by atoms with E-state index in [1.165, 1.54) is 44.1 Å². The summed E-state index contributed by atoms with van der Waals surface area (Å²) in [4.78, 5) is 0. The summed E-state index contributed by atoms with van der Waals surface area (Å²) in [5, 5.41) is 1.34. The van der Waals surface area contributed by atoms with E-state index in [1.54, 1.807) is 0 Å². The van der Waals surface area contributed by atoms with Gasteiger partial charge in [0.15, 0.2) is 0 Å². The van der Waals surface area contributed by atoms with Gasteiger partial charge in [0.25, 0.3) is 0 Å². The van der Waals surface area contributed by atoms with E-state index >= 15 is 0 Å². The summed E-state index contributed by atoms with van der Waals surface area (Å²) in [6.07, 6.45) is 12.4. The summed E-state index contributed by atoms with van der Waals surface area (Å²) in [6, 6.07) is 6.11. The molecule has 0 bridgehead atoms. The molecule has 0 heterocycles. The fraction of sp³-hybridized carbons (Fsp3) is 0.529. The first-order valence-corrected chi connectivity index (χ1v) is 8.08. The predicted octanol–water partition coefficient (Wildman–Crippen LogP) is 6.62. The van der Waals surface area contributed by atoms with E-state index in [2.05, 4.69) is 25.1 Å². The number of hydrogen-bond donors (Lipinski definition) is 0. The Morgan fingerprint density at radius 3 is 2.79 bits per heavy atom. The predicted molar refractivity (Wildman–Crippen MR) is 85.2 cm³/mol. The van der Waals surface area contributed by atoms with Crippen molar-refractivity contribution in [3.63, 3.8) is 0 Å². The molecule has 0 saturated heterocycles. The highest BCUT2D eigenvalue weighted by atomic mass is 35.5. The lowest BCUT2D eigenvalue weighted by atomic mass is 9.78. The molecule has 1 fully saturated rings. The standard InChI is InChI=1S/C17H22Cl2/c1-2-3-4-6-13-7-5-8-14(11-13)15-9-10-16(18)17(19)12-15/h4,6,9-10,12-14H,2-3,5,7-8,11H2,1H3. The molecule has 2 unspecified atom stereocenters. The van der Waals surface area contributed by atoms with E-state index in [9.17, 15) is 0 Å². The Hall–Kier alpha value is -0.460. The summed E-state index contributed by atoms with van der Waals surface area (Å²) >= 11 is 12.1. The van der Waals surface area contributed by atoms with E-state index in [0.717, 1.165) is 5.92 Å². The Morgan fingerprint density at radius 2 is 2.05 bits per heavy atom. The second-order valence-electron chi connectivity index (χ2n) is 5.51. The van der Waals surface area contributed by atoms with Crippen LogP contribution in [0.15, 0.2) is 30.4 Å². The minimum absolute atomic E-state index is 0.639. The summed E-state index contributed by atoms with van der Waals surface area (Å²) in [7, 11) is 0. The van der Waals surface area contributed by atoms with Crippen LogP contribution in [-0.4, -0.2) is 0 Å². The van der Waals surface area contributed by atoms with Crippen LogP contribution in [0.2, 0.25) is 10.0 Å². The molecule has 104 valence electrons. The lowest BCUT2D eigenvalue weighted by Gasteiger charge is -2.28. The van der Waals surface area contributed by atoms with Crippen LogP contribution in [-0.2, 0) is 0 Å². The molecule has 1 aromatic carbocycles. The zero-order chi connectivity index (χ0) is 13.7. The molecule has 0 spiro atoms. The Kier molecular flexibility index (Phi) is 5.78. The van der Waals surface area contributed by atoms with Gasteiger partial charge < -0.3 is 0 Å². The van der Waals surface area contributed by atoms with Crippen LogP contribution >= 0.6 is 23.2 Å². The zero-order valence-electron chi connectivity index (χ0n) is 11.5. The molecule has 1 saturated carbocycles. The molecule has 2 heteroatoms. The van der Waals surface area contributed by atoms with Gasteiger partial charge in [-0.15, -0.1) is 0 Å². The van der Waals surface area contributed by atoms with Crippen LogP contribution in [0.5, 0.6) is 0 Å². The molecular weight excluding hydrogens is 275 g/mol. The molecule has 19 heavy (non-hydrogen) atoms. The fourth-order valence-corrected chi connectivity index (χ4v) is 3.23. The van der Waals surface area contributed by atoms with Crippen LogP contribution in [0.4, 0.5) is 0 Å². The van der Waals surface area contributed by atoms with Crippen molar-refractivity contribution in [1.82, 2.24) is 0 Å². The number of halogens is 2. The van der Waals surface area contributed by atoms with Crippen LogP contribution in [0.1, 0.15) is 56.9 Å². The van der Waals surface area contributed by atoms with Crippen molar-refractivity contribution >= 4 is 23.2 Å². The van der Waals surface area contributed by atoms with Crippen molar-refractivity contribution < 1.29 is 0 Å². The summed E-state index contributed by atoms with van der Waals surface area (Å²) in [5.74, 6) is 1.37. The third-order valence-electron chi connectivity index (χ3n) is 3.99. The van der Waals surface area contributed by atoms with Gasteiger partial charge in [0.2, 0.25) is 0 Å².